The Morgan fingerprint density at radius 3 is 2.57 bits per heavy atom. The molecule has 0 saturated carbocycles. The number of nitrogens with one attached hydrogen (secondary N) is 2. The van der Waals surface area contributed by atoms with Gasteiger partial charge in [-0.05, 0) is 47.7 Å². The van der Waals surface area contributed by atoms with Crippen LogP contribution in [-0.4, -0.2) is 43.4 Å². The first-order valence-corrected chi connectivity index (χ1v) is 9.73. The number of fused-ring (bicyclic) bond motifs is 1. The number of benzene rings is 2. The van der Waals surface area contributed by atoms with Gasteiger partial charge in [0.25, 0.3) is 5.91 Å². The summed E-state index contributed by atoms with van der Waals surface area (Å²) in [5.74, 6) is -0.218. The van der Waals surface area contributed by atoms with E-state index in [1.54, 1.807) is 25.3 Å². The van der Waals surface area contributed by atoms with E-state index in [4.69, 9.17) is 0 Å². The van der Waals surface area contributed by atoms with E-state index in [0.29, 0.717) is 12.1 Å². The largest absolute Gasteiger partial charge is 0.355 e. The highest BCUT2D eigenvalue weighted by atomic mass is 16.2. The summed E-state index contributed by atoms with van der Waals surface area (Å²) in [5.41, 5.74) is 4.36. The molecule has 5 nitrogen and oxygen atoms in total. The van der Waals surface area contributed by atoms with Gasteiger partial charge in [0.15, 0.2) is 0 Å². The van der Waals surface area contributed by atoms with Gasteiger partial charge >= 0.3 is 0 Å². The maximum Gasteiger partial charge on any atom is 0.251 e. The van der Waals surface area contributed by atoms with Crippen molar-refractivity contribution >= 4 is 17.9 Å². The maximum absolute atomic E-state index is 12.0. The number of hydrogen-bond donors (Lipinski definition) is 2. The molecule has 0 bridgehead atoms. The molecule has 0 fully saturated rings. The van der Waals surface area contributed by atoms with Crippen LogP contribution < -0.4 is 10.6 Å². The normalized spacial score (nSPS) is 13.9. The SMILES string of the molecule is CNC(=O)c1ccc(/C=C\C(=O)NCCCN2CCc3ccccc3C2)cc1. The van der Waals surface area contributed by atoms with Gasteiger partial charge in [-0.2, -0.15) is 0 Å². The predicted octanol–water partition coefficient (Wildman–Crippen LogP) is 2.62. The molecule has 2 N–H and O–H groups in total. The molecule has 0 radical (unpaired) electrons. The molecule has 28 heavy (non-hydrogen) atoms. The van der Waals surface area contributed by atoms with Crippen LogP contribution in [0.1, 0.15) is 33.5 Å². The Labute approximate surface area is 166 Å². The molecule has 1 aliphatic heterocycles. The molecule has 2 aromatic rings. The molecular formula is C23H27N3O2. The van der Waals surface area contributed by atoms with Crippen molar-refractivity contribution in [3.8, 4) is 0 Å². The minimum absolute atomic E-state index is 0.0978. The molecule has 5 heteroatoms. The van der Waals surface area contributed by atoms with Crippen molar-refractivity contribution in [1.29, 1.82) is 0 Å². The van der Waals surface area contributed by atoms with Gasteiger partial charge in [0, 0.05) is 44.9 Å². The molecule has 2 amide bonds. The second-order valence-electron chi connectivity index (χ2n) is 6.97. The Bertz CT molecular complexity index is 843. The molecule has 0 spiro atoms. The van der Waals surface area contributed by atoms with Crippen molar-refractivity contribution in [2.24, 2.45) is 0 Å². The zero-order valence-electron chi connectivity index (χ0n) is 16.3. The van der Waals surface area contributed by atoms with E-state index in [9.17, 15) is 9.59 Å². The van der Waals surface area contributed by atoms with Crippen LogP contribution in [0.25, 0.3) is 6.08 Å². The monoisotopic (exact) mass is 377 g/mol. The van der Waals surface area contributed by atoms with E-state index in [-0.39, 0.29) is 11.8 Å². The highest BCUT2D eigenvalue weighted by Gasteiger charge is 2.14. The first-order chi connectivity index (χ1) is 13.7. The molecule has 0 unspecified atom stereocenters. The van der Waals surface area contributed by atoms with Crippen LogP contribution in [-0.2, 0) is 17.8 Å². The van der Waals surface area contributed by atoms with Crippen molar-refractivity contribution in [3.05, 3.63) is 76.9 Å². The standard InChI is InChI=1S/C23H27N3O2/c1-24-23(28)20-10-7-18(8-11-20)9-12-22(27)25-14-4-15-26-16-13-19-5-2-3-6-21(19)17-26/h2-3,5-12H,4,13-17H2,1H3,(H,24,28)(H,25,27)/b12-9-. The first-order valence-electron chi connectivity index (χ1n) is 9.73. The zero-order chi connectivity index (χ0) is 19.8. The van der Waals surface area contributed by atoms with Crippen molar-refractivity contribution < 1.29 is 9.59 Å². The minimum atomic E-state index is -0.120. The third kappa shape index (κ3) is 5.54. The van der Waals surface area contributed by atoms with Crippen LogP contribution in [0.2, 0.25) is 0 Å². The zero-order valence-corrected chi connectivity index (χ0v) is 16.3. The number of rotatable bonds is 7. The minimum Gasteiger partial charge on any atom is -0.355 e. The Morgan fingerprint density at radius 1 is 1.07 bits per heavy atom. The number of carbonyl (C=O) groups is 2. The van der Waals surface area contributed by atoms with E-state index in [2.05, 4.69) is 39.8 Å². The first kappa shape index (κ1) is 19.8. The predicted molar refractivity (Wildman–Crippen MR) is 112 cm³/mol. The fraction of sp³-hybridized carbons (Fsp3) is 0.304. The molecule has 2 aromatic carbocycles. The molecule has 1 aliphatic rings. The van der Waals surface area contributed by atoms with E-state index in [1.165, 1.54) is 17.2 Å². The summed E-state index contributed by atoms with van der Waals surface area (Å²) < 4.78 is 0. The molecule has 0 aliphatic carbocycles. The molecule has 146 valence electrons. The lowest BCUT2D eigenvalue weighted by atomic mass is 10.00. The van der Waals surface area contributed by atoms with Crippen LogP contribution in [0.4, 0.5) is 0 Å². The van der Waals surface area contributed by atoms with Gasteiger partial charge in [-0.25, -0.2) is 0 Å². The average Bonchev–Trinajstić information content (AvgIpc) is 2.75. The lowest BCUT2D eigenvalue weighted by Gasteiger charge is -2.28. The van der Waals surface area contributed by atoms with Gasteiger partial charge in [-0.3, -0.25) is 14.5 Å². The summed E-state index contributed by atoms with van der Waals surface area (Å²) in [7, 11) is 1.60. The van der Waals surface area contributed by atoms with E-state index >= 15 is 0 Å². The van der Waals surface area contributed by atoms with Crippen molar-refractivity contribution in [3.63, 3.8) is 0 Å². The van der Waals surface area contributed by atoms with E-state index < -0.39 is 0 Å². The van der Waals surface area contributed by atoms with Crippen molar-refractivity contribution in [2.75, 3.05) is 26.7 Å². The Kier molecular flexibility index (Phi) is 6.98. The second kappa shape index (κ2) is 9.85. The molecule has 0 saturated heterocycles. The van der Waals surface area contributed by atoms with Crippen LogP contribution in [0.15, 0.2) is 54.6 Å². The molecule has 0 aromatic heterocycles. The van der Waals surface area contributed by atoms with Gasteiger partial charge < -0.3 is 10.6 Å². The highest BCUT2D eigenvalue weighted by molar-refractivity contribution is 5.94. The topological polar surface area (TPSA) is 61.4 Å². The van der Waals surface area contributed by atoms with Gasteiger partial charge in [0.1, 0.15) is 0 Å². The van der Waals surface area contributed by atoms with Gasteiger partial charge in [0.2, 0.25) is 5.91 Å². The summed E-state index contributed by atoms with van der Waals surface area (Å²) in [6.07, 6.45) is 5.32. The van der Waals surface area contributed by atoms with Crippen molar-refractivity contribution in [1.82, 2.24) is 15.5 Å². The van der Waals surface area contributed by atoms with Gasteiger partial charge in [-0.15, -0.1) is 0 Å². The summed E-state index contributed by atoms with van der Waals surface area (Å²) >= 11 is 0. The van der Waals surface area contributed by atoms with Crippen molar-refractivity contribution in [2.45, 2.75) is 19.4 Å². The van der Waals surface area contributed by atoms with Gasteiger partial charge in [-0.1, -0.05) is 36.4 Å². The lowest BCUT2D eigenvalue weighted by Crippen LogP contribution is -2.33. The van der Waals surface area contributed by atoms with E-state index in [0.717, 1.165) is 38.0 Å². The molecule has 0 atom stereocenters. The van der Waals surface area contributed by atoms with Gasteiger partial charge in [0.05, 0.1) is 0 Å². The average molecular weight is 377 g/mol. The van der Waals surface area contributed by atoms with Crippen LogP contribution in [0, 0.1) is 0 Å². The number of nitrogens with zero attached hydrogens (tertiary/aromatic N) is 1. The quantitative estimate of drug-likeness (QED) is 0.576. The fourth-order valence-electron chi connectivity index (χ4n) is 3.38. The number of carbonyl (C=O) groups excluding carboxylic acids is 2. The van der Waals surface area contributed by atoms with Crippen LogP contribution in [0.3, 0.4) is 0 Å². The fourth-order valence-corrected chi connectivity index (χ4v) is 3.38. The van der Waals surface area contributed by atoms with E-state index in [1.807, 2.05) is 12.1 Å². The Balaban J connectivity index is 1.37. The Hall–Kier alpha value is -2.92. The number of amides is 2. The summed E-state index contributed by atoms with van der Waals surface area (Å²) in [4.78, 5) is 25.9. The third-order valence-corrected chi connectivity index (χ3v) is 4.99. The maximum atomic E-state index is 12.0. The second-order valence-corrected chi connectivity index (χ2v) is 6.97. The molecule has 1 heterocycles. The summed E-state index contributed by atoms with van der Waals surface area (Å²) in [6, 6.07) is 15.8. The molecular weight excluding hydrogens is 350 g/mol. The third-order valence-electron chi connectivity index (χ3n) is 4.99. The smallest absolute Gasteiger partial charge is 0.251 e. The Morgan fingerprint density at radius 2 is 1.82 bits per heavy atom. The lowest BCUT2D eigenvalue weighted by molar-refractivity contribution is -0.116. The van der Waals surface area contributed by atoms with Crippen LogP contribution >= 0.6 is 0 Å². The summed E-state index contributed by atoms with van der Waals surface area (Å²) in [5, 5.41) is 5.52. The molecule has 3 rings (SSSR count). The number of hydrogen-bond acceptors (Lipinski definition) is 3. The summed E-state index contributed by atoms with van der Waals surface area (Å²) in [6.45, 7) is 3.73. The van der Waals surface area contributed by atoms with Crippen LogP contribution in [0.5, 0.6) is 0 Å². The highest BCUT2D eigenvalue weighted by Crippen LogP contribution is 2.18.